The fourth-order valence-corrected chi connectivity index (χ4v) is 12.7. The molecule has 0 radical (unpaired) electrons. The first kappa shape index (κ1) is 62.1. The Hall–Kier alpha value is -8.96. The van der Waals surface area contributed by atoms with E-state index in [1.807, 2.05) is 0 Å². The van der Waals surface area contributed by atoms with E-state index in [-0.39, 0.29) is 45.9 Å². The van der Waals surface area contributed by atoms with Crippen LogP contribution in [0.2, 0.25) is 0 Å². The standard InChI is InChI=1S/C61H68O24/c1-70-45-21-5-37(6-22-45)53(62)78-82-57(66)74-49-29-13-41(14-30-49)61(42-15-31-50(32-16-42)75-58(67)83-79-54(63)38-7-23-46(71-2)24-8-38,43-17-33-51(34-18-43)76-59(68)84-80-55(64)39-9-25-47(72-3)26-10-39)44-19-35-52(36-20-44)77-60(69)85-81-56(65)40-11-27-48(73-4)28-12-40/h5-12,21-28,41-44,49-52H,13-20,29-36H2,1-4H3. The second kappa shape index (κ2) is 30.0. The fraction of sp³-hybridized carbons (Fsp3) is 0.475. The summed E-state index contributed by atoms with van der Waals surface area (Å²) in [6, 6.07) is 24.1. The van der Waals surface area contributed by atoms with Crippen LogP contribution in [-0.4, -0.2) is 101 Å². The minimum Gasteiger partial charge on any atom is -0.497 e. The van der Waals surface area contributed by atoms with Gasteiger partial charge in [-0.05, 0) is 229 Å². The number of benzene rings is 4. The zero-order chi connectivity index (χ0) is 60.3. The quantitative estimate of drug-likeness (QED) is 0.0436. The molecule has 0 heterocycles. The van der Waals surface area contributed by atoms with Crippen LogP contribution in [0, 0.1) is 29.1 Å². The van der Waals surface area contributed by atoms with Gasteiger partial charge in [-0.3, -0.25) is 0 Å². The predicted octanol–water partition coefficient (Wildman–Crippen LogP) is 11.9. The summed E-state index contributed by atoms with van der Waals surface area (Å²) in [6.45, 7) is 0. The average Bonchev–Trinajstić information content (AvgIpc) is 1.66. The van der Waals surface area contributed by atoms with E-state index >= 15 is 0 Å². The van der Waals surface area contributed by atoms with Gasteiger partial charge in [0, 0.05) is 0 Å². The fourth-order valence-electron chi connectivity index (χ4n) is 12.7. The second-order valence-electron chi connectivity index (χ2n) is 21.1. The molecular weight excluding hydrogens is 1120 g/mol. The van der Waals surface area contributed by atoms with Gasteiger partial charge in [-0.25, -0.2) is 58.3 Å². The van der Waals surface area contributed by atoms with Crippen molar-refractivity contribution in [3.8, 4) is 23.0 Å². The van der Waals surface area contributed by atoms with Crippen molar-refractivity contribution in [2.45, 2.75) is 127 Å². The molecule has 0 saturated heterocycles. The minimum absolute atomic E-state index is 0.0238. The molecule has 24 heteroatoms. The Labute approximate surface area is 489 Å². The van der Waals surface area contributed by atoms with Gasteiger partial charge in [0.15, 0.2) is 0 Å². The molecule has 4 aromatic rings. The first-order valence-electron chi connectivity index (χ1n) is 28.1. The summed E-state index contributed by atoms with van der Waals surface area (Å²) in [5.41, 5.74) is 0.0376. The highest BCUT2D eigenvalue weighted by atomic mass is 17.3. The largest absolute Gasteiger partial charge is 0.550 e. The first-order valence-corrected chi connectivity index (χ1v) is 28.1. The summed E-state index contributed by atoms with van der Waals surface area (Å²) in [5.74, 6) is -1.48. The average molecular weight is 1190 g/mol. The highest BCUT2D eigenvalue weighted by Gasteiger charge is 2.57. The van der Waals surface area contributed by atoms with Crippen molar-refractivity contribution in [1.82, 2.24) is 0 Å². The van der Waals surface area contributed by atoms with Gasteiger partial charge in [0.05, 0.1) is 50.7 Å². The molecule has 0 N–H and O–H groups in total. The van der Waals surface area contributed by atoms with Crippen molar-refractivity contribution in [2.24, 2.45) is 29.1 Å². The van der Waals surface area contributed by atoms with Gasteiger partial charge < -0.3 is 37.9 Å². The molecule has 0 spiro atoms. The maximum atomic E-state index is 13.0. The molecule has 4 fully saturated rings. The molecule has 0 unspecified atom stereocenters. The van der Waals surface area contributed by atoms with E-state index in [4.69, 9.17) is 77.0 Å². The highest BCUT2D eigenvalue weighted by molar-refractivity contribution is 5.91. The number of rotatable bonds is 16. The van der Waals surface area contributed by atoms with Crippen molar-refractivity contribution in [2.75, 3.05) is 28.4 Å². The Bertz CT molecular complexity index is 2480. The van der Waals surface area contributed by atoms with Crippen molar-refractivity contribution in [3.05, 3.63) is 119 Å². The molecule has 0 aromatic heterocycles. The van der Waals surface area contributed by atoms with Crippen LogP contribution in [0.3, 0.4) is 0 Å². The second-order valence-corrected chi connectivity index (χ2v) is 21.1. The Morgan fingerprint density at radius 1 is 0.271 bits per heavy atom. The SMILES string of the molecule is COc1ccc(C(=O)OOC(=O)OC2CCC(C(C3CCC(OC(=O)OOC(=O)c4ccc(OC)cc4)CC3)(C3CCC(OC(=O)OOC(=O)c4ccc(OC)cc4)CC3)C3CCC(OC(=O)OOC(=O)c4ccc(OC)cc4)CC3)CC2)cc1. The van der Waals surface area contributed by atoms with Crippen molar-refractivity contribution in [1.29, 1.82) is 0 Å². The monoisotopic (exact) mass is 1180 g/mol. The lowest BCUT2D eigenvalue weighted by Crippen LogP contribution is -2.54. The van der Waals surface area contributed by atoms with Crippen LogP contribution >= 0.6 is 0 Å². The third kappa shape index (κ3) is 16.7. The summed E-state index contributed by atoms with van der Waals surface area (Å²) in [5, 5.41) is 0. The van der Waals surface area contributed by atoms with Gasteiger partial charge in [-0.15, -0.1) is 0 Å². The molecule has 0 bridgehead atoms. The topological polar surface area (TPSA) is 284 Å². The highest BCUT2D eigenvalue weighted by Crippen LogP contribution is 2.63. The Morgan fingerprint density at radius 3 is 0.612 bits per heavy atom. The van der Waals surface area contributed by atoms with Crippen molar-refractivity contribution < 1.29 is 115 Å². The normalized spacial score (nSPS) is 22.5. The number of methoxy groups -OCH3 is 4. The summed E-state index contributed by atoms with van der Waals surface area (Å²) in [6.07, 6.45) is 1.31. The van der Waals surface area contributed by atoms with Crippen molar-refractivity contribution >= 4 is 48.5 Å². The molecular formula is C61H68O24. The molecule has 8 rings (SSSR count). The zero-order valence-electron chi connectivity index (χ0n) is 47.5. The minimum atomic E-state index is -1.18. The predicted molar refractivity (Wildman–Crippen MR) is 289 cm³/mol. The summed E-state index contributed by atoms with van der Waals surface area (Å²) < 4.78 is 43.4. The molecule has 456 valence electrons. The van der Waals surface area contributed by atoms with Gasteiger partial charge in [-0.2, -0.15) is 19.2 Å². The summed E-state index contributed by atoms with van der Waals surface area (Å²) in [4.78, 5) is 141. The van der Waals surface area contributed by atoms with Crippen LogP contribution in [-0.2, 0) is 58.0 Å². The van der Waals surface area contributed by atoms with E-state index in [2.05, 4.69) is 0 Å². The summed E-state index contributed by atoms with van der Waals surface area (Å²) >= 11 is 0. The van der Waals surface area contributed by atoms with Crippen LogP contribution in [0.4, 0.5) is 19.2 Å². The van der Waals surface area contributed by atoms with E-state index in [1.54, 1.807) is 48.5 Å². The van der Waals surface area contributed by atoms with Crippen LogP contribution in [0.5, 0.6) is 23.0 Å². The van der Waals surface area contributed by atoms with Gasteiger partial charge in [-0.1, -0.05) is 0 Å². The van der Waals surface area contributed by atoms with Crippen LogP contribution in [0.15, 0.2) is 97.1 Å². The molecule has 0 amide bonds. The third-order valence-corrected chi connectivity index (χ3v) is 16.6. The zero-order valence-corrected chi connectivity index (χ0v) is 47.5. The molecule has 0 atom stereocenters. The van der Waals surface area contributed by atoms with Crippen molar-refractivity contribution in [3.63, 3.8) is 0 Å². The van der Waals surface area contributed by atoms with Gasteiger partial charge in [0.25, 0.3) is 0 Å². The van der Waals surface area contributed by atoms with E-state index < -0.39 is 78.3 Å². The molecule has 24 nitrogen and oxygen atoms in total. The lowest BCUT2D eigenvalue weighted by molar-refractivity contribution is -0.213. The Morgan fingerprint density at radius 2 is 0.447 bits per heavy atom. The number of hydrogen-bond donors (Lipinski definition) is 0. The maximum absolute atomic E-state index is 13.0. The first-order chi connectivity index (χ1) is 41.2. The molecule has 85 heavy (non-hydrogen) atoms. The lowest BCUT2D eigenvalue weighted by atomic mass is 9.45. The Kier molecular flexibility index (Phi) is 21.9. The van der Waals surface area contributed by atoms with Crippen LogP contribution in [0.25, 0.3) is 0 Å². The van der Waals surface area contributed by atoms with Gasteiger partial charge >= 0.3 is 48.5 Å². The lowest BCUT2D eigenvalue weighted by Gasteiger charge is -2.60. The number of ether oxygens (including phenoxy) is 8. The van der Waals surface area contributed by atoms with Crippen LogP contribution < -0.4 is 18.9 Å². The number of carbonyl (C=O) groups excluding carboxylic acids is 8. The Balaban J connectivity index is 0.966. The number of carbonyl (C=O) groups is 8. The van der Waals surface area contributed by atoms with E-state index in [9.17, 15) is 38.4 Å². The van der Waals surface area contributed by atoms with Crippen LogP contribution in [0.1, 0.15) is 144 Å². The van der Waals surface area contributed by atoms with E-state index in [0.717, 1.165) is 0 Å². The molecule has 4 aliphatic carbocycles. The summed E-state index contributed by atoms with van der Waals surface area (Å²) in [7, 11) is 5.93. The molecule has 4 saturated carbocycles. The number of hydrogen-bond acceptors (Lipinski definition) is 24. The molecule has 0 aliphatic heterocycles. The smallest absolute Gasteiger partial charge is 0.497 e. The van der Waals surface area contributed by atoms with E-state index in [1.165, 1.54) is 77.0 Å². The maximum Gasteiger partial charge on any atom is 0.550 e. The van der Waals surface area contributed by atoms with Gasteiger partial charge in [0.2, 0.25) is 0 Å². The third-order valence-electron chi connectivity index (χ3n) is 16.6. The molecule has 4 aromatic carbocycles. The molecule has 4 aliphatic rings. The van der Waals surface area contributed by atoms with E-state index in [0.29, 0.717) is 126 Å². The van der Waals surface area contributed by atoms with Gasteiger partial charge in [0.1, 0.15) is 47.4 Å².